The number of hydrogen-bond donors (Lipinski definition) is 2. The van der Waals surface area contributed by atoms with Crippen LogP contribution in [0.3, 0.4) is 0 Å². The number of aryl methyl sites for hydroxylation is 1. The first-order valence-corrected chi connectivity index (χ1v) is 10.1. The van der Waals surface area contributed by atoms with Crippen molar-refractivity contribution in [1.82, 2.24) is 5.32 Å². The van der Waals surface area contributed by atoms with E-state index in [0.717, 1.165) is 24.8 Å². The third kappa shape index (κ3) is 4.83. The van der Waals surface area contributed by atoms with Crippen molar-refractivity contribution in [2.24, 2.45) is 0 Å². The molecule has 0 aliphatic heterocycles. The zero-order valence-electron chi connectivity index (χ0n) is 16.8. The molecule has 0 saturated heterocycles. The summed E-state index contributed by atoms with van der Waals surface area (Å²) in [5.74, 6) is -1.43. The van der Waals surface area contributed by atoms with Crippen molar-refractivity contribution in [3.63, 3.8) is 0 Å². The Balaban J connectivity index is 1.36. The lowest BCUT2D eigenvalue weighted by Gasteiger charge is -2.26. The Morgan fingerprint density at radius 2 is 1.81 bits per heavy atom. The number of rotatable bonds is 6. The van der Waals surface area contributed by atoms with Crippen LogP contribution in [0.2, 0.25) is 0 Å². The van der Waals surface area contributed by atoms with Crippen molar-refractivity contribution in [2.75, 3.05) is 11.9 Å². The highest BCUT2D eigenvalue weighted by Crippen LogP contribution is 2.29. The zero-order chi connectivity index (χ0) is 21.6. The van der Waals surface area contributed by atoms with E-state index in [9.17, 15) is 14.4 Å². The Hall–Kier alpha value is -3.87. The number of carbonyl (C=O) groups is 3. The zero-order valence-corrected chi connectivity index (χ0v) is 16.8. The van der Waals surface area contributed by atoms with Gasteiger partial charge in [0.15, 0.2) is 12.4 Å². The molecule has 158 valence electrons. The second kappa shape index (κ2) is 9.30. The Kier molecular flexibility index (Phi) is 6.12. The van der Waals surface area contributed by atoms with Crippen molar-refractivity contribution in [1.29, 1.82) is 0 Å². The number of hydrogen-bond acceptors (Lipinski definition) is 5. The maximum Gasteiger partial charge on any atom is 0.340 e. The Morgan fingerprint density at radius 3 is 2.65 bits per heavy atom. The van der Waals surface area contributed by atoms with Gasteiger partial charge in [-0.15, -0.1) is 0 Å². The minimum atomic E-state index is -0.700. The number of anilines is 1. The molecule has 0 spiro atoms. The van der Waals surface area contributed by atoms with Crippen molar-refractivity contribution < 1.29 is 23.5 Å². The minimum absolute atomic E-state index is 0.0870. The molecule has 0 unspecified atom stereocenters. The maximum absolute atomic E-state index is 12.6. The number of carbonyl (C=O) groups excluding carboxylic acids is 3. The highest BCUT2D eigenvalue weighted by atomic mass is 16.5. The van der Waals surface area contributed by atoms with E-state index < -0.39 is 18.5 Å². The van der Waals surface area contributed by atoms with Crippen LogP contribution in [0.15, 0.2) is 71.3 Å². The minimum Gasteiger partial charge on any atom is -0.459 e. The topological polar surface area (TPSA) is 97.6 Å². The summed E-state index contributed by atoms with van der Waals surface area (Å²) < 4.78 is 10.3. The molecule has 4 rings (SSSR count). The van der Waals surface area contributed by atoms with Crippen LogP contribution >= 0.6 is 0 Å². The number of benzene rings is 2. The fraction of sp³-hybridized carbons (Fsp3) is 0.208. The van der Waals surface area contributed by atoms with E-state index in [1.165, 1.54) is 24.0 Å². The van der Waals surface area contributed by atoms with E-state index in [2.05, 4.69) is 16.7 Å². The lowest BCUT2D eigenvalue weighted by atomic mass is 9.88. The second-order valence-electron chi connectivity index (χ2n) is 7.26. The second-order valence-corrected chi connectivity index (χ2v) is 7.26. The lowest BCUT2D eigenvalue weighted by Crippen LogP contribution is -2.34. The quantitative estimate of drug-likeness (QED) is 0.592. The average molecular weight is 418 g/mol. The molecule has 0 fully saturated rings. The molecule has 2 aromatic carbocycles. The molecule has 0 saturated carbocycles. The SMILES string of the molecule is O=C(COC(=O)c1ccccc1NC(=O)c1ccco1)N[C@@H]1CCCc2ccccc21. The van der Waals surface area contributed by atoms with Gasteiger partial charge in [-0.25, -0.2) is 4.79 Å². The van der Waals surface area contributed by atoms with Gasteiger partial charge in [0.25, 0.3) is 11.8 Å². The van der Waals surface area contributed by atoms with Gasteiger partial charge in [0.05, 0.1) is 23.6 Å². The summed E-state index contributed by atoms with van der Waals surface area (Å²) in [6.45, 7) is -0.405. The van der Waals surface area contributed by atoms with Gasteiger partial charge in [0, 0.05) is 0 Å². The molecule has 1 aliphatic carbocycles. The molecule has 7 heteroatoms. The highest BCUT2D eigenvalue weighted by molar-refractivity contribution is 6.06. The fourth-order valence-corrected chi connectivity index (χ4v) is 3.71. The van der Waals surface area contributed by atoms with E-state index in [1.54, 1.807) is 24.3 Å². The number of fused-ring (bicyclic) bond motifs is 1. The number of para-hydroxylation sites is 1. The number of amides is 2. The lowest BCUT2D eigenvalue weighted by molar-refractivity contribution is -0.125. The molecule has 1 aliphatic rings. The molecule has 31 heavy (non-hydrogen) atoms. The van der Waals surface area contributed by atoms with Gasteiger partial charge in [-0.05, 0) is 54.7 Å². The van der Waals surface area contributed by atoms with Crippen molar-refractivity contribution >= 4 is 23.5 Å². The Labute approximate surface area is 179 Å². The van der Waals surface area contributed by atoms with Crippen LogP contribution in [0.1, 0.15) is 50.9 Å². The summed E-state index contributed by atoms with van der Waals surface area (Å²) >= 11 is 0. The van der Waals surface area contributed by atoms with Gasteiger partial charge < -0.3 is 19.8 Å². The third-order valence-corrected chi connectivity index (χ3v) is 5.18. The summed E-state index contributed by atoms with van der Waals surface area (Å²) in [4.78, 5) is 37.2. The van der Waals surface area contributed by atoms with E-state index in [-0.39, 0.29) is 29.0 Å². The van der Waals surface area contributed by atoms with Crippen LogP contribution in [-0.4, -0.2) is 24.4 Å². The van der Waals surface area contributed by atoms with Crippen molar-refractivity contribution in [3.8, 4) is 0 Å². The van der Waals surface area contributed by atoms with E-state index in [0.29, 0.717) is 0 Å². The fourth-order valence-electron chi connectivity index (χ4n) is 3.71. The van der Waals surface area contributed by atoms with Gasteiger partial charge in [-0.3, -0.25) is 9.59 Å². The van der Waals surface area contributed by atoms with E-state index >= 15 is 0 Å². The van der Waals surface area contributed by atoms with Crippen LogP contribution < -0.4 is 10.6 Å². The van der Waals surface area contributed by atoms with Gasteiger partial charge in [-0.2, -0.15) is 0 Å². The predicted molar refractivity (Wildman–Crippen MR) is 114 cm³/mol. The molecular formula is C24H22N2O5. The van der Waals surface area contributed by atoms with Crippen molar-refractivity contribution in [2.45, 2.75) is 25.3 Å². The molecular weight excluding hydrogens is 396 g/mol. The molecule has 2 amide bonds. The average Bonchev–Trinajstić information content (AvgIpc) is 3.33. The molecule has 7 nitrogen and oxygen atoms in total. The number of furan rings is 1. The largest absolute Gasteiger partial charge is 0.459 e. The van der Waals surface area contributed by atoms with Crippen LogP contribution in [0.4, 0.5) is 5.69 Å². The first-order valence-electron chi connectivity index (χ1n) is 10.1. The van der Waals surface area contributed by atoms with Gasteiger partial charge in [-0.1, -0.05) is 36.4 Å². The van der Waals surface area contributed by atoms with Crippen LogP contribution in [0, 0.1) is 0 Å². The first-order chi connectivity index (χ1) is 15.1. The van der Waals surface area contributed by atoms with Gasteiger partial charge in [0.1, 0.15) is 0 Å². The van der Waals surface area contributed by atoms with Gasteiger partial charge in [0.2, 0.25) is 0 Å². The monoisotopic (exact) mass is 418 g/mol. The van der Waals surface area contributed by atoms with E-state index in [1.807, 2.05) is 18.2 Å². The molecule has 1 aromatic heterocycles. The molecule has 0 bridgehead atoms. The normalized spacial score (nSPS) is 14.9. The van der Waals surface area contributed by atoms with Crippen molar-refractivity contribution in [3.05, 3.63) is 89.4 Å². The summed E-state index contributed by atoms with van der Waals surface area (Å²) in [6, 6.07) is 17.5. The Bertz CT molecular complexity index is 1090. The Morgan fingerprint density at radius 1 is 1.00 bits per heavy atom. The number of ether oxygens (including phenoxy) is 1. The molecule has 2 N–H and O–H groups in total. The summed E-state index contributed by atoms with van der Waals surface area (Å²) in [6.07, 6.45) is 4.22. The van der Waals surface area contributed by atoms with Crippen LogP contribution in [0.25, 0.3) is 0 Å². The van der Waals surface area contributed by atoms with Crippen LogP contribution in [0.5, 0.6) is 0 Å². The molecule has 1 atom stereocenters. The summed E-state index contributed by atoms with van der Waals surface area (Å²) in [5, 5.41) is 5.57. The molecule has 3 aromatic rings. The maximum atomic E-state index is 12.6. The number of nitrogens with one attached hydrogen (secondary N) is 2. The third-order valence-electron chi connectivity index (χ3n) is 5.18. The summed E-state index contributed by atoms with van der Waals surface area (Å²) in [5.41, 5.74) is 2.77. The first kappa shape index (κ1) is 20.4. The highest BCUT2D eigenvalue weighted by Gasteiger charge is 2.22. The van der Waals surface area contributed by atoms with Crippen LogP contribution in [-0.2, 0) is 16.0 Å². The standard InChI is InChI=1S/C24H22N2O5/c27-22(25-19-12-5-8-16-7-1-2-9-17(16)19)15-31-24(29)18-10-3-4-11-20(18)26-23(28)21-13-6-14-30-21/h1-4,6-7,9-11,13-14,19H,5,8,12,15H2,(H,25,27)(H,26,28)/t19-/m1/s1. The van der Waals surface area contributed by atoms with Gasteiger partial charge >= 0.3 is 5.97 Å². The predicted octanol–water partition coefficient (Wildman–Crippen LogP) is 3.88. The summed E-state index contributed by atoms with van der Waals surface area (Å²) in [7, 11) is 0. The molecule has 0 radical (unpaired) electrons. The smallest absolute Gasteiger partial charge is 0.340 e. The van der Waals surface area contributed by atoms with E-state index in [4.69, 9.17) is 9.15 Å². The molecule has 1 heterocycles. The number of esters is 1.